The number of amides is 1. The van der Waals surface area contributed by atoms with Crippen molar-refractivity contribution in [2.45, 2.75) is 75.1 Å². The zero-order valence-electron chi connectivity index (χ0n) is 25.9. The highest BCUT2D eigenvalue weighted by molar-refractivity contribution is 7.99. The molecule has 1 spiro atoms. The van der Waals surface area contributed by atoms with E-state index in [1.165, 1.54) is 11.1 Å². The van der Waals surface area contributed by atoms with E-state index in [0.717, 1.165) is 80.9 Å². The summed E-state index contributed by atoms with van der Waals surface area (Å²) in [6.45, 7) is 4.37. The summed E-state index contributed by atoms with van der Waals surface area (Å²) in [6.07, 6.45) is 12.7. The Bertz CT molecular complexity index is 1570. The fourth-order valence-corrected chi connectivity index (χ4v) is 11.1. The highest BCUT2D eigenvalue weighted by atomic mass is 35.5. The Kier molecular flexibility index (Phi) is 8.03. The molecule has 8 heteroatoms. The number of allylic oxidation sites excluding steroid dienone is 1. The van der Waals surface area contributed by atoms with Crippen molar-refractivity contribution in [3.8, 4) is 5.75 Å². The second kappa shape index (κ2) is 11.7. The van der Waals surface area contributed by atoms with Crippen LogP contribution in [-0.2, 0) is 26.3 Å². The van der Waals surface area contributed by atoms with E-state index in [9.17, 15) is 9.00 Å². The lowest BCUT2D eigenvalue weighted by Gasteiger charge is -2.46. The van der Waals surface area contributed by atoms with E-state index < -0.39 is 9.71 Å². The average Bonchev–Trinajstić information content (AvgIpc) is 3.82. The maximum atomic E-state index is 14.1. The molecule has 2 bridgehead atoms. The first kappa shape index (κ1) is 30.2. The van der Waals surface area contributed by atoms with Gasteiger partial charge in [-0.25, -0.2) is 4.21 Å². The molecule has 0 saturated heterocycles. The van der Waals surface area contributed by atoms with Crippen molar-refractivity contribution in [3.05, 3.63) is 70.3 Å². The van der Waals surface area contributed by atoms with Gasteiger partial charge in [-0.1, -0.05) is 36.7 Å². The first-order valence-corrected chi connectivity index (χ1v) is 18.5. The van der Waals surface area contributed by atoms with Crippen molar-refractivity contribution in [2.75, 3.05) is 31.7 Å². The van der Waals surface area contributed by atoms with Crippen molar-refractivity contribution >= 4 is 38.8 Å². The van der Waals surface area contributed by atoms with Gasteiger partial charge in [0.2, 0.25) is 0 Å². The summed E-state index contributed by atoms with van der Waals surface area (Å²) in [5.41, 5.74) is 3.87. The number of ether oxygens (including phenoxy) is 2. The summed E-state index contributed by atoms with van der Waals surface area (Å²) in [6, 6.07) is 12.0. The minimum atomic E-state index is -2.88. The molecule has 2 heterocycles. The monoisotopic (exact) mass is 636 g/mol. The molecule has 1 N–H and O–H groups in total. The number of nitrogens with zero attached hydrogens (tertiary/aromatic N) is 1. The predicted molar refractivity (Wildman–Crippen MR) is 179 cm³/mol. The van der Waals surface area contributed by atoms with Crippen molar-refractivity contribution in [3.63, 3.8) is 0 Å². The molecule has 1 amide bonds. The number of rotatable bonds is 2. The third-order valence-corrected chi connectivity index (χ3v) is 13.6. The van der Waals surface area contributed by atoms with E-state index in [1.54, 1.807) is 0 Å². The highest BCUT2D eigenvalue weighted by Crippen LogP contribution is 2.47. The van der Waals surface area contributed by atoms with Crippen molar-refractivity contribution in [2.24, 2.45) is 23.7 Å². The lowest BCUT2D eigenvalue weighted by Crippen LogP contribution is -2.49. The van der Waals surface area contributed by atoms with Crippen LogP contribution in [0.1, 0.15) is 73.4 Å². The molecule has 2 saturated carbocycles. The molecule has 2 aromatic carbocycles. The van der Waals surface area contributed by atoms with Crippen LogP contribution in [-0.4, -0.2) is 54.1 Å². The van der Waals surface area contributed by atoms with Crippen molar-refractivity contribution in [1.82, 2.24) is 4.72 Å². The van der Waals surface area contributed by atoms with Crippen LogP contribution in [0.4, 0.5) is 5.69 Å². The summed E-state index contributed by atoms with van der Waals surface area (Å²) in [5, 5.41) is 0.609. The van der Waals surface area contributed by atoms with E-state index in [-0.39, 0.29) is 28.6 Å². The molecule has 7 atom stereocenters. The van der Waals surface area contributed by atoms with E-state index in [4.69, 9.17) is 21.1 Å². The Balaban J connectivity index is 1.30. The predicted octanol–water partition coefficient (Wildman–Crippen LogP) is 6.59. The second-order valence-electron chi connectivity index (χ2n) is 14.1. The fraction of sp³-hybridized carbons (Fsp3) is 0.556. The van der Waals surface area contributed by atoms with Gasteiger partial charge < -0.3 is 14.4 Å². The summed E-state index contributed by atoms with van der Waals surface area (Å²) >= 11 is 6.44. The van der Waals surface area contributed by atoms with Crippen LogP contribution in [0, 0.1) is 23.7 Å². The maximum absolute atomic E-state index is 14.1. The molecule has 44 heavy (non-hydrogen) atoms. The molecule has 5 aliphatic rings. The van der Waals surface area contributed by atoms with Crippen LogP contribution in [0.2, 0.25) is 5.02 Å². The average molecular weight is 637 g/mol. The minimum absolute atomic E-state index is 0.0394. The lowest BCUT2D eigenvalue weighted by atomic mass is 9.68. The maximum Gasteiger partial charge on any atom is 0.262 e. The summed E-state index contributed by atoms with van der Waals surface area (Å²) in [5.74, 6) is 5.95. The Morgan fingerprint density at radius 2 is 1.95 bits per heavy atom. The van der Waals surface area contributed by atoms with Gasteiger partial charge in [0, 0.05) is 36.2 Å². The number of hydrogen-bond donors (Lipinski definition) is 1. The molecular weight excluding hydrogens is 592 g/mol. The van der Waals surface area contributed by atoms with Gasteiger partial charge in [-0.15, -0.1) is 0 Å². The number of fused-ring (bicyclic) bond motifs is 4. The molecule has 2 aromatic rings. The Morgan fingerprint density at radius 3 is 2.70 bits per heavy atom. The number of carbonyl (C=O) groups excluding carboxylic acids is 1. The van der Waals surface area contributed by atoms with Crippen LogP contribution in [0.25, 0.3) is 0 Å². The van der Waals surface area contributed by atoms with Crippen molar-refractivity contribution in [1.29, 1.82) is 0 Å². The van der Waals surface area contributed by atoms with Gasteiger partial charge in [-0.2, -0.15) is 0 Å². The number of aryl methyl sites for hydroxylation is 1. The number of halogens is 1. The topological polar surface area (TPSA) is 67.9 Å². The Labute approximate surface area is 267 Å². The van der Waals surface area contributed by atoms with Crippen LogP contribution in [0.5, 0.6) is 5.75 Å². The first-order chi connectivity index (χ1) is 21.2. The Morgan fingerprint density at radius 1 is 1.14 bits per heavy atom. The fourth-order valence-electron chi connectivity index (χ4n) is 8.61. The molecule has 3 aliphatic carbocycles. The molecule has 1 unspecified atom stereocenters. The van der Waals surface area contributed by atoms with Gasteiger partial charge in [-0.3, -0.25) is 9.52 Å². The lowest BCUT2D eigenvalue weighted by molar-refractivity contribution is 0.0131. The van der Waals surface area contributed by atoms with Gasteiger partial charge in [0.15, 0.2) is 0 Å². The summed E-state index contributed by atoms with van der Waals surface area (Å²) < 4.78 is 29.8. The van der Waals surface area contributed by atoms with Crippen LogP contribution < -0.4 is 14.4 Å². The SMILES string of the molecule is C=S1(=O)NC(=O)c2ccc3c(c2)N(C[C@@H]2CC[C@H]2[C@@H](OC)/C=C/C[C@H](C)[C@H]1C1CC1)C[C@@]1(CCCc2cc(Cl)ccc21)CO3. The number of hydrogen-bond acceptors (Lipinski definition) is 5. The van der Waals surface area contributed by atoms with E-state index in [2.05, 4.69) is 46.7 Å². The van der Waals surface area contributed by atoms with E-state index in [1.807, 2.05) is 31.4 Å². The van der Waals surface area contributed by atoms with E-state index >= 15 is 0 Å². The van der Waals surface area contributed by atoms with Gasteiger partial charge >= 0.3 is 0 Å². The summed E-state index contributed by atoms with van der Waals surface area (Å²) in [4.78, 5) is 16.2. The summed E-state index contributed by atoms with van der Waals surface area (Å²) in [7, 11) is -1.07. The number of nitrogens with one attached hydrogen (secondary N) is 1. The molecule has 236 valence electrons. The third kappa shape index (κ3) is 5.58. The normalized spacial score (nSPS) is 36.2. The largest absolute Gasteiger partial charge is 0.490 e. The number of benzene rings is 2. The molecule has 6 nitrogen and oxygen atoms in total. The van der Waals surface area contributed by atoms with Crippen LogP contribution in [0.15, 0.2) is 48.6 Å². The molecule has 2 fully saturated rings. The molecule has 0 radical (unpaired) electrons. The Hall–Kier alpha value is -2.48. The quantitative estimate of drug-likeness (QED) is 0.298. The first-order valence-electron chi connectivity index (χ1n) is 16.4. The number of anilines is 1. The van der Waals surface area contributed by atoms with Gasteiger partial charge in [-0.05, 0) is 122 Å². The highest BCUT2D eigenvalue weighted by Gasteiger charge is 2.45. The van der Waals surface area contributed by atoms with E-state index in [0.29, 0.717) is 29.9 Å². The third-order valence-electron chi connectivity index (χ3n) is 11.1. The smallest absolute Gasteiger partial charge is 0.262 e. The molecule has 0 aromatic heterocycles. The minimum Gasteiger partial charge on any atom is -0.490 e. The van der Waals surface area contributed by atoms with Crippen molar-refractivity contribution < 1.29 is 18.5 Å². The van der Waals surface area contributed by atoms with Gasteiger partial charge in [0.05, 0.1) is 33.4 Å². The molecular formula is C36H45ClN2O4S. The van der Waals surface area contributed by atoms with Crippen LogP contribution >= 0.6 is 11.6 Å². The molecule has 7 rings (SSSR count). The second-order valence-corrected chi connectivity index (χ2v) is 16.7. The zero-order chi connectivity index (χ0) is 30.6. The molecule has 2 aliphatic heterocycles. The zero-order valence-corrected chi connectivity index (χ0v) is 27.5. The van der Waals surface area contributed by atoms with Crippen LogP contribution in [0.3, 0.4) is 0 Å². The number of methoxy groups -OCH3 is 1. The standard InChI is InChI=1S/C36H45ClN2O4S/c1-23-6-4-8-32(42-2)29-14-11-27(29)20-39-21-36(17-5-7-25-18-28(37)13-15-30(25)36)22-43-33-16-12-26(19-31(33)39)35(40)38-44(3,41)34(23)24-9-10-24/h4,8,12-13,15-16,18-19,23-24,27,29,32,34H,3,5-7,9-11,14,17,20-22H2,1-2H3,(H,38,40,41)/b8-4+/t23-,27-,29+,32-,34-,36-,44?/m0/s1. The van der Waals surface area contributed by atoms with Gasteiger partial charge in [0.25, 0.3) is 5.91 Å². The number of carbonyl (C=O) groups is 1. The van der Waals surface area contributed by atoms with Gasteiger partial charge in [0.1, 0.15) is 5.75 Å².